The summed E-state index contributed by atoms with van der Waals surface area (Å²) in [6, 6.07) is 4.87. The lowest BCUT2D eigenvalue weighted by Crippen LogP contribution is -2.12. The van der Waals surface area contributed by atoms with Gasteiger partial charge in [0.15, 0.2) is 17.2 Å². The predicted molar refractivity (Wildman–Crippen MR) is 62.2 cm³/mol. The molecular weight excluding hydrogens is 311 g/mol. The van der Waals surface area contributed by atoms with Crippen molar-refractivity contribution in [2.45, 2.75) is 6.18 Å². The van der Waals surface area contributed by atoms with Gasteiger partial charge in [-0.2, -0.15) is 17.7 Å². The second-order valence-electron chi connectivity index (χ2n) is 4.14. The summed E-state index contributed by atoms with van der Waals surface area (Å²) < 4.78 is 69.8. The molecule has 0 radical (unpaired) electrons. The lowest BCUT2D eigenvalue weighted by atomic mass is 10.3. The van der Waals surface area contributed by atoms with Gasteiger partial charge >= 0.3 is 6.18 Å². The maximum Gasteiger partial charge on any atom is 0.453 e. The molecule has 3 aromatic rings. The zero-order valence-electron chi connectivity index (χ0n) is 10.5. The highest BCUT2D eigenvalue weighted by atomic mass is 19.4. The third-order valence-electron chi connectivity index (χ3n) is 2.60. The number of alkyl halides is 3. The highest BCUT2D eigenvalue weighted by Gasteiger charge is 2.37. The number of rotatable bonds is 2. The van der Waals surface area contributed by atoms with Gasteiger partial charge in [0.2, 0.25) is 5.88 Å². The molecule has 2 aromatic heterocycles. The van der Waals surface area contributed by atoms with Gasteiger partial charge in [0.1, 0.15) is 5.82 Å². The van der Waals surface area contributed by atoms with Crippen LogP contribution in [0, 0.1) is 11.6 Å². The number of ether oxygens (including phenoxy) is 1. The molecule has 3 rings (SSSR count). The first-order valence-corrected chi connectivity index (χ1v) is 5.77. The van der Waals surface area contributed by atoms with Crippen molar-refractivity contribution >= 4 is 5.65 Å². The van der Waals surface area contributed by atoms with Crippen LogP contribution in [0.25, 0.3) is 5.65 Å². The topological polar surface area (TPSA) is 52.3 Å². The lowest BCUT2D eigenvalue weighted by Gasteiger charge is -2.07. The second-order valence-corrected chi connectivity index (χ2v) is 4.14. The Bertz CT molecular complexity index is 845. The molecular formula is C12H5F5N4O. The third-order valence-corrected chi connectivity index (χ3v) is 2.60. The standard InChI is InChI=1S/C12H5F5N4O/c13-6-1-2-8(7(14)5-6)22-10-4-3-9-18-19-11(12(15,16)17)21(9)20-10/h1-5H. The van der Waals surface area contributed by atoms with Crippen LogP contribution in [0.15, 0.2) is 30.3 Å². The SMILES string of the molecule is Fc1ccc(Oc2ccc3nnc(C(F)(F)F)n3n2)c(F)c1. The fourth-order valence-electron chi connectivity index (χ4n) is 1.67. The highest BCUT2D eigenvalue weighted by molar-refractivity contribution is 5.39. The van der Waals surface area contributed by atoms with E-state index in [1.54, 1.807) is 0 Å². The number of aromatic nitrogens is 4. The second kappa shape index (κ2) is 4.90. The zero-order valence-corrected chi connectivity index (χ0v) is 10.5. The molecule has 5 nitrogen and oxygen atoms in total. The van der Waals surface area contributed by atoms with Gasteiger partial charge in [-0.25, -0.2) is 8.78 Å². The fraction of sp³-hybridized carbons (Fsp3) is 0.0833. The Hall–Kier alpha value is -2.78. The molecule has 0 saturated heterocycles. The molecule has 2 heterocycles. The van der Waals surface area contributed by atoms with Crippen LogP contribution >= 0.6 is 0 Å². The van der Waals surface area contributed by atoms with Crippen LogP contribution in [0.4, 0.5) is 22.0 Å². The van der Waals surface area contributed by atoms with Gasteiger partial charge < -0.3 is 4.74 Å². The Kier molecular flexibility index (Phi) is 3.15. The van der Waals surface area contributed by atoms with Crippen molar-refractivity contribution in [1.29, 1.82) is 0 Å². The average Bonchev–Trinajstić information content (AvgIpc) is 2.85. The Morgan fingerprint density at radius 2 is 1.77 bits per heavy atom. The first-order valence-electron chi connectivity index (χ1n) is 5.77. The minimum Gasteiger partial charge on any atom is -0.434 e. The van der Waals surface area contributed by atoms with Gasteiger partial charge in [-0.3, -0.25) is 0 Å². The van der Waals surface area contributed by atoms with Gasteiger partial charge in [0.25, 0.3) is 5.82 Å². The van der Waals surface area contributed by atoms with Crippen molar-refractivity contribution in [1.82, 2.24) is 19.8 Å². The molecule has 114 valence electrons. The molecule has 1 aromatic carbocycles. The molecule has 0 aliphatic heterocycles. The van der Waals surface area contributed by atoms with E-state index in [9.17, 15) is 22.0 Å². The van der Waals surface area contributed by atoms with Gasteiger partial charge in [0, 0.05) is 12.1 Å². The Balaban J connectivity index is 2.01. The summed E-state index contributed by atoms with van der Waals surface area (Å²) >= 11 is 0. The quantitative estimate of drug-likeness (QED) is 0.681. The Morgan fingerprint density at radius 3 is 2.45 bits per heavy atom. The number of benzene rings is 1. The summed E-state index contributed by atoms with van der Waals surface area (Å²) in [7, 11) is 0. The number of hydrogen-bond donors (Lipinski definition) is 0. The Labute approximate surface area is 119 Å². The van der Waals surface area contributed by atoms with E-state index in [1.807, 2.05) is 0 Å². The van der Waals surface area contributed by atoms with E-state index in [0.29, 0.717) is 10.6 Å². The van der Waals surface area contributed by atoms with Crippen LogP contribution in [0.1, 0.15) is 5.82 Å². The molecule has 0 saturated carbocycles. The van der Waals surface area contributed by atoms with Crippen LogP contribution in [0.3, 0.4) is 0 Å². The van der Waals surface area contributed by atoms with Gasteiger partial charge in [0.05, 0.1) is 0 Å². The number of fused-ring (bicyclic) bond motifs is 1. The van der Waals surface area contributed by atoms with Crippen LogP contribution < -0.4 is 4.74 Å². The molecule has 0 aliphatic carbocycles. The molecule has 0 unspecified atom stereocenters. The summed E-state index contributed by atoms with van der Waals surface area (Å²) in [4.78, 5) is 0. The predicted octanol–water partition coefficient (Wildman–Crippen LogP) is 3.21. The summed E-state index contributed by atoms with van der Waals surface area (Å²) in [5.74, 6) is -3.88. The van der Waals surface area contributed by atoms with E-state index in [0.717, 1.165) is 12.1 Å². The van der Waals surface area contributed by atoms with Crippen molar-refractivity contribution < 1.29 is 26.7 Å². The molecule has 22 heavy (non-hydrogen) atoms. The molecule has 0 spiro atoms. The van der Waals surface area contributed by atoms with E-state index in [1.165, 1.54) is 12.1 Å². The number of hydrogen-bond acceptors (Lipinski definition) is 4. The molecule has 0 fully saturated rings. The fourth-order valence-corrected chi connectivity index (χ4v) is 1.67. The van der Waals surface area contributed by atoms with Gasteiger partial charge in [-0.05, 0) is 18.2 Å². The van der Waals surface area contributed by atoms with E-state index in [-0.39, 0.29) is 17.3 Å². The van der Waals surface area contributed by atoms with Crippen LogP contribution in [-0.2, 0) is 6.18 Å². The number of nitrogens with zero attached hydrogens (tertiary/aromatic N) is 4. The summed E-state index contributed by atoms with van der Waals surface area (Å²) in [6.07, 6.45) is -4.76. The monoisotopic (exact) mass is 316 g/mol. The van der Waals surface area contributed by atoms with Crippen molar-refractivity contribution in [3.05, 3.63) is 47.8 Å². The number of halogens is 5. The van der Waals surface area contributed by atoms with Crippen LogP contribution in [0.5, 0.6) is 11.6 Å². The first kappa shape index (κ1) is 14.2. The smallest absolute Gasteiger partial charge is 0.434 e. The van der Waals surface area contributed by atoms with Crippen LogP contribution in [-0.4, -0.2) is 19.8 Å². The largest absolute Gasteiger partial charge is 0.453 e. The minimum atomic E-state index is -4.76. The molecule has 0 N–H and O–H groups in total. The maximum absolute atomic E-state index is 13.5. The van der Waals surface area contributed by atoms with E-state index in [4.69, 9.17) is 4.74 Å². The van der Waals surface area contributed by atoms with E-state index < -0.39 is 23.6 Å². The van der Waals surface area contributed by atoms with Crippen LogP contribution in [0.2, 0.25) is 0 Å². The summed E-state index contributed by atoms with van der Waals surface area (Å²) in [5.41, 5.74) is -0.153. The molecule has 0 atom stereocenters. The van der Waals surface area contributed by atoms with Crippen molar-refractivity contribution in [3.8, 4) is 11.6 Å². The zero-order chi connectivity index (χ0) is 15.9. The van der Waals surface area contributed by atoms with Crippen molar-refractivity contribution in [3.63, 3.8) is 0 Å². The molecule has 0 aliphatic rings. The third kappa shape index (κ3) is 2.54. The van der Waals surface area contributed by atoms with E-state index >= 15 is 0 Å². The lowest BCUT2D eigenvalue weighted by molar-refractivity contribution is -0.146. The van der Waals surface area contributed by atoms with Crippen molar-refractivity contribution in [2.24, 2.45) is 0 Å². The van der Waals surface area contributed by atoms with Gasteiger partial charge in [-0.1, -0.05) is 0 Å². The van der Waals surface area contributed by atoms with Gasteiger partial charge in [-0.15, -0.1) is 15.3 Å². The molecule has 10 heteroatoms. The average molecular weight is 316 g/mol. The van der Waals surface area contributed by atoms with E-state index in [2.05, 4.69) is 15.3 Å². The first-order chi connectivity index (χ1) is 10.3. The minimum absolute atomic E-state index is 0.153. The normalized spacial score (nSPS) is 11.9. The molecule has 0 amide bonds. The summed E-state index contributed by atoms with van der Waals surface area (Å²) in [6.45, 7) is 0. The Morgan fingerprint density at radius 1 is 1.00 bits per heavy atom. The summed E-state index contributed by atoms with van der Waals surface area (Å²) in [5, 5.41) is 9.85. The maximum atomic E-state index is 13.5. The highest BCUT2D eigenvalue weighted by Crippen LogP contribution is 2.29. The van der Waals surface area contributed by atoms with Crippen molar-refractivity contribution in [2.75, 3.05) is 0 Å². The molecule has 0 bridgehead atoms.